The van der Waals surface area contributed by atoms with Gasteiger partial charge in [0.1, 0.15) is 23.1 Å². The summed E-state index contributed by atoms with van der Waals surface area (Å²) in [6.45, 7) is 26.1. The van der Waals surface area contributed by atoms with E-state index in [1.165, 1.54) is 16.7 Å². The largest absolute Gasteiger partial charge is 0.444 e. The highest BCUT2D eigenvalue weighted by Gasteiger charge is 2.38. The Kier molecular flexibility index (Phi) is 21.3. The number of morpholine rings is 3. The highest BCUT2D eigenvalue weighted by Crippen LogP contribution is 2.34. The topological polar surface area (TPSA) is 306 Å². The van der Waals surface area contributed by atoms with Gasteiger partial charge in [0.2, 0.25) is 17.8 Å². The van der Waals surface area contributed by atoms with Crippen LogP contribution in [0.5, 0.6) is 0 Å². The van der Waals surface area contributed by atoms with Crippen molar-refractivity contribution < 1.29 is 33.3 Å². The number of hydrazone groups is 3. The maximum Gasteiger partial charge on any atom is 0.410 e. The maximum absolute atomic E-state index is 13.1. The second-order valence-electron chi connectivity index (χ2n) is 25.7. The molecule has 29 heteroatoms. The first kappa shape index (κ1) is 66.3. The minimum Gasteiger partial charge on any atom is -0.444 e. The Morgan fingerprint density at radius 2 is 0.896 bits per heavy atom. The van der Waals surface area contributed by atoms with Crippen LogP contribution in [0.1, 0.15) is 87.9 Å². The second-order valence-corrected chi connectivity index (χ2v) is 25.7. The molecule has 96 heavy (non-hydrogen) atoms. The Morgan fingerprint density at radius 3 is 1.28 bits per heavy atom. The number of rotatable bonds is 14. The van der Waals surface area contributed by atoms with Gasteiger partial charge >= 0.3 is 18.2 Å². The summed E-state index contributed by atoms with van der Waals surface area (Å²) >= 11 is 0. The van der Waals surface area contributed by atoms with Gasteiger partial charge in [0.05, 0.1) is 114 Å². The van der Waals surface area contributed by atoms with Crippen LogP contribution in [0, 0.1) is 20.8 Å². The number of aromatic nitrogens is 6. The summed E-state index contributed by atoms with van der Waals surface area (Å²) in [5.74, 6) is 3.99. The van der Waals surface area contributed by atoms with Gasteiger partial charge in [0.15, 0.2) is 0 Å². The molecule has 8 aliphatic rings. The number of carbonyl (C=O) groups excluding carboxylic acids is 3. The van der Waals surface area contributed by atoms with E-state index in [2.05, 4.69) is 108 Å². The molecule has 7 N–H and O–H groups in total. The molecule has 506 valence electrons. The normalized spacial score (nSPS) is 17.8. The van der Waals surface area contributed by atoms with E-state index < -0.39 is 5.60 Å². The maximum atomic E-state index is 13.1. The summed E-state index contributed by atoms with van der Waals surface area (Å²) in [5, 5.41) is 25.6. The zero-order chi connectivity index (χ0) is 66.5. The lowest BCUT2D eigenvalue weighted by molar-refractivity contribution is 0.00582. The molecule has 5 fully saturated rings. The van der Waals surface area contributed by atoms with E-state index in [-0.39, 0.29) is 30.2 Å². The van der Waals surface area contributed by atoms with Crippen molar-refractivity contribution in [1.29, 1.82) is 0 Å². The average molecular weight is 1310 g/mol. The lowest BCUT2D eigenvalue weighted by atomic mass is 10.1. The number of anilines is 6. The van der Waals surface area contributed by atoms with Crippen molar-refractivity contribution >= 4 is 72.1 Å². The number of fused-ring (bicyclic) bond motifs is 3. The number of amides is 5. The molecule has 8 aliphatic heterocycles. The molecule has 0 bridgehead atoms. The molecule has 5 amide bonds. The Balaban J connectivity index is 0.000000141. The van der Waals surface area contributed by atoms with Crippen molar-refractivity contribution in [3.8, 4) is 0 Å². The molecule has 0 saturated carbocycles. The van der Waals surface area contributed by atoms with Crippen LogP contribution < -0.4 is 52.2 Å². The third-order valence-electron chi connectivity index (χ3n) is 16.9. The van der Waals surface area contributed by atoms with Crippen molar-refractivity contribution in [1.82, 2.24) is 65.9 Å². The summed E-state index contributed by atoms with van der Waals surface area (Å²) in [7, 11) is 0. The highest BCUT2D eigenvalue weighted by molar-refractivity contribution is 5.82. The monoisotopic (exact) mass is 1310 g/mol. The van der Waals surface area contributed by atoms with Crippen LogP contribution in [-0.4, -0.2) is 204 Å². The summed E-state index contributed by atoms with van der Waals surface area (Å²) in [4.78, 5) is 78.0. The number of hydrogen-bond donors (Lipinski definition) is 7. The van der Waals surface area contributed by atoms with Crippen molar-refractivity contribution in [3.63, 3.8) is 0 Å². The molecular formula is C67H86N22O7. The van der Waals surface area contributed by atoms with Crippen molar-refractivity contribution in [2.45, 2.75) is 98.5 Å². The van der Waals surface area contributed by atoms with Gasteiger partial charge in [0.25, 0.3) is 0 Å². The fraction of sp³-hybridized carbons (Fsp3) is 0.463. The van der Waals surface area contributed by atoms with Gasteiger partial charge in [0, 0.05) is 95.2 Å². The Bertz CT molecular complexity index is 3820. The predicted molar refractivity (Wildman–Crippen MR) is 367 cm³/mol. The van der Waals surface area contributed by atoms with Crippen LogP contribution in [0.3, 0.4) is 0 Å². The number of carbonyl (C=O) groups is 3. The molecule has 0 radical (unpaired) electrons. The van der Waals surface area contributed by atoms with Crippen LogP contribution in [0.15, 0.2) is 88.1 Å². The van der Waals surface area contributed by atoms with E-state index >= 15 is 0 Å². The lowest BCUT2D eigenvalue weighted by Crippen LogP contribution is -2.62. The fourth-order valence-electron chi connectivity index (χ4n) is 11.9. The Hall–Kier alpha value is -9.68. The molecule has 11 heterocycles. The molecule has 5 saturated heterocycles. The van der Waals surface area contributed by atoms with Gasteiger partial charge in [-0.25, -0.2) is 45.6 Å². The van der Waals surface area contributed by atoms with Gasteiger partial charge in [-0.15, -0.1) is 0 Å². The minimum atomic E-state index is -0.550. The summed E-state index contributed by atoms with van der Waals surface area (Å²) in [6, 6.07) is 24.1. The number of aryl methyl sites for hydroxylation is 3. The van der Waals surface area contributed by atoms with Crippen LogP contribution in [0.25, 0.3) is 0 Å². The van der Waals surface area contributed by atoms with Crippen LogP contribution in [-0.2, 0) is 58.2 Å². The third kappa shape index (κ3) is 17.4. The second kappa shape index (κ2) is 30.8. The average Bonchev–Trinajstić information content (AvgIpc) is 1.62. The first-order chi connectivity index (χ1) is 46.6. The van der Waals surface area contributed by atoms with E-state index in [1.54, 1.807) is 33.3 Å². The van der Waals surface area contributed by atoms with E-state index in [0.29, 0.717) is 96.6 Å². The van der Waals surface area contributed by atoms with Crippen molar-refractivity contribution in [3.05, 3.63) is 140 Å². The molecule has 3 aromatic carbocycles. The number of benzene rings is 3. The molecule has 0 unspecified atom stereocenters. The molecule has 0 atom stereocenters. The zero-order valence-corrected chi connectivity index (χ0v) is 55.4. The van der Waals surface area contributed by atoms with E-state index in [1.807, 2.05) is 89.2 Å². The molecule has 0 aliphatic carbocycles. The van der Waals surface area contributed by atoms with E-state index in [9.17, 15) is 14.4 Å². The van der Waals surface area contributed by atoms with Gasteiger partial charge in [-0.3, -0.25) is 0 Å². The third-order valence-corrected chi connectivity index (χ3v) is 16.9. The zero-order valence-electron chi connectivity index (χ0n) is 55.4. The van der Waals surface area contributed by atoms with Gasteiger partial charge in [-0.2, -0.15) is 30.3 Å². The molecule has 14 rings (SSSR count). The SMILES string of the molecule is Cc1cccc(/C=N/Nc2nc3c(c(N4CCOCC4)n2)CN(C(=O)NC2CN(C(=O)OC(C)(C)C)C2)C3)c1.Cc1cccc(/C=N/Nc2nc3c(c(N4CCOCC4)n2)CN(C(=O)NC2CNC2)C3)c1.Cc1cccc(/C=N/Nc2nc3c(c(N4CCOCC4)n2)CNC3)c1. The van der Waals surface area contributed by atoms with E-state index in [4.69, 9.17) is 33.9 Å². The Labute approximate surface area is 558 Å². The molecule has 0 spiro atoms. The summed E-state index contributed by atoms with van der Waals surface area (Å²) < 4.78 is 21.9. The molecule has 3 aromatic heterocycles. The molecule has 6 aromatic rings. The number of urea groups is 2. The van der Waals surface area contributed by atoms with Crippen molar-refractivity contribution in [2.24, 2.45) is 15.3 Å². The number of likely N-dealkylation sites (tertiary alicyclic amines) is 1. The summed E-state index contributed by atoms with van der Waals surface area (Å²) in [5.41, 5.74) is 20.8. The first-order valence-electron chi connectivity index (χ1n) is 32.8. The van der Waals surface area contributed by atoms with Crippen molar-refractivity contribution in [2.75, 3.05) is 136 Å². The summed E-state index contributed by atoms with van der Waals surface area (Å²) in [6.07, 6.45) is 4.91. The standard InChI is InChI=1S/C27H36N8O4.C22H28N8O2.C18H22N6O/c1-18-6-5-7-19(12-18)13-28-32-24-30-22-17-34(16-21(22)23(31-24)33-8-10-38-11-9-33)25(36)29-20-14-35(15-20)26(37)39-27(2,3)4;1-15-3-2-4-16(9-15)10-24-28-21-26-19-14-30(22(31)25-17-11-23-12-17)13-18(19)20(27-21)29-5-7-32-8-6-29;1-13-3-2-4-14(9-13)10-20-23-18-21-16-12-19-11-15(16)17(22-18)24-5-7-25-8-6-24/h5-7,12-13,20H,8-11,14-17H2,1-4H3,(H,29,36)(H,30,31,32);2-4,9-10,17,23H,5-8,11-14H2,1H3,(H,25,31)(H,26,27,28);2-4,9-10,19H,5-8,11-12H2,1H3,(H,21,22,23)/b28-13+;24-10+;20-10+. The van der Waals surface area contributed by atoms with Crippen LogP contribution in [0.4, 0.5) is 49.7 Å². The number of hydrogen-bond acceptors (Lipinski definition) is 24. The smallest absolute Gasteiger partial charge is 0.410 e. The fourth-order valence-corrected chi connectivity index (χ4v) is 11.9. The number of ether oxygens (including phenoxy) is 4. The minimum absolute atomic E-state index is 0.0607. The molecule has 29 nitrogen and oxygen atoms in total. The predicted octanol–water partition coefficient (Wildman–Crippen LogP) is 5.45. The number of nitrogens with zero attached hydrogens (tertiary/aromatic N) is 15. The first-order valence-corrected chi connectivity index (χ1v) is 32.8. The molecular weight excluding hydrogens is 1220 g/mol. The van der Waals surface area contributed by atoms with Gasteiger partial charge in [-0.1, -0.05) is 89.5 Å². The van der Waals surface area contributed by atoms with Gasteiger partial charge < -0.3 is 69.6 Å². The van der Waals surface area contributed by atoms with E-state index in [0.717, 1.165) is 133 Å². The Morgan fingerprint density at radius 1 is 0.500 bits per heavy atom. The quantitative estimate of drug-likeness (QED) is 0.0527. The lowest BCUT2D eigenvalue weighted by Gasteiger charge is -2.40. The van der Waals surface area contributed by atoms with Crippen LogP contribution in [0.2, 0.25) is 0 Å². The highest BCUT2D eigenvalue weighted by atomic mass is 16.6. The van der Waals surface area contributed by atoms with Gasteiger partial charge in [-0.05, 0) is 58.2 Å². The van der Waals surface area contributed by atoms with Crippen LogP contribution >= 0.6 is 0 Å². The number of nitrogens with one attached hydrogen (secondary N) is 7.